The van der Waals surface area contributed by atoms with Crippen molar-refractivity contribution in [3.05, 3.63) is 71.2 Å². The molecule has 10 heteroatoms. The first-order chi connectivity index (χ1) is 18.0. The lowest BCUT2D eigenvalue weighted by Crippen LogP contribution is -2.42. The highest BCUT2D eigenvalue weighted by Gasteiger charge is 2.34. The number of halogens is 3. The number of pyridine rings is 2. The topological polar surface area (TPSA) is 84.4 Å². The third kappa shape index (κ3) is 5.70. The fourth-order valence-electron chi connectivity index (χ4n) is 4.64. The van der Waals surface area contributed by atoms with Gasteiger partial charge in [-0.1, -0.05) is 6.07 Å². The third-order valence-corrected chi connectivity index (χ3v) is 6.55. The number of nitrogens with one attached hydrogen (secondary N) is 1. The lowest BCUT2D eigenvalue weighted by Gasteiger charge is -2.35. The number of carbonyl (C=O) groups is 2. The van der Waals surface area contributed by atoms with E-state index in [2.05, 4.69) is 15.3 Å². The number of methoxy groups -OCH3 is 1. The van der Waals surface area contributed by atoms with Gasteiger partial charge in [0.25, 0.3) is 5.91 Å². The molecule has 1 unspecified atom stereocenters. The Labute approximate surface area is 219 Å². The molecule has 2 amide bonds. The first-order valence-electron chi connectivity index (χ1n) is 12.3. The van der Waals surface area contributed by atoms with Crippen LogP contribution in [-0.4, -0.2) is 41.5 Å². The highest BCUT2D eigenvalue weighted by atomic mass is 19.4. The van der Waals surface area contributed by atoms with Crippen molar-refractivity contribution in [2.75, 3.05) is 23.9 Å². The van der Waals surface area contributed by atoms with Crippen molar-refractivity contribution in [2.24, 2.45) is 0 Å². The maximum atomic E-state index is 13.1. The predicted octanol–water partition coefficient (Wildman–Crippen LogP) is 5.99. The molecule has 1 aromatic carbocycles. The molecule has 38 heavy (non-hydrogen) atoms. The Morgan fingerprint density at radius 1 is 1.18 bits per heavy atom. The lowest BCUT2D eigenvalue weighted by molar-refractivity contribution is -0.137. The van der Waals surface area contributed by atoms with Gasteiger partial charge in [0.05, 0.1) is 17.4 Å². The second kappa shape index (κ2) is 10.9. The molecule has 0 saturated carbocycles. The largest absolute Gasteiger partial charge is 0.416 e. The second-order valence-electron chi connectivity index (χ2n) is 9.57. The second-order valence-corrected chi connectivity index (χ2v) is 9.57. The molecule has 0 saturated heterocycles. The molecule has 3 aromatic rings. The van der Waals surface area contributed by atoms with Crippen LogP contribution in [0.15, 0.2) is 48.8 Å². The molecule has 0 bridgehead atoms. The first-order valence-corrected chi connectivity index (χ1v) is 12.3. The summed E-state index contributed by atoms with van der Waals surface area (Å²) in [7, 11) is 1.62. The molecule has 3 heterocycles. The van der Waals surface area contributed by atoms with E-state index in [9.17, 15) is 22.8 Å². The van der Waals surface area contributed by atoms with Crippen LogP contribution in [0.2, 0.25) is 0 Å². The van der Waals surface area contributed by atoms with Crippen molar-refractivity contribution in [1.29, 1.82) is 0 Å². The van der Waals surface area contributed by atoms with E-state index in [4.69, 9.17) is 4.74 Å². The van der Waals surface area contributed by atoms with E-state index in [-0.39, 0.29) is 23.4 Å². The quantitative estimate of drug-likeness (QED) is 0.409. The van der Waals surface area contributed by atoms with Crippen molar-refractivity contribution >= 4 is 23.3 Å². The summed E-state index contributed by atoms with van der Waals surface area (Å²) in [5.41, 5.74) is 2.41. The molecule has 4 rings (SSSR count). The molecule has 200 valence electrons. The van der Waals surface area contributed by atoms with Crippen LogP contribution in [0.4, 0.5) is 24.7 Å². The fourth-order valence-corrected chi connectivity index (χ4v) is 4.64. The van der Waals surface area contributed by atoms with Crippen LogP contribution in [0.3, 0.4) is 0 Å². The number of fused-ring (bicyclic) bond motifs is 1. The molecule has 1 aliphatic heterocycles. The number of aromatic nitrogens is 2. The number of nitrogens with zero attached hydrogens (tertiary/aromatic N) is 3. The van der Waals surface area contributed by atoms with Crippen LogP contribution >= 0.6 is 0 Å². The van der Waals surface area contributed by atoms with Gasteiger partial charge in [-0.2, -0.15) is 13.2 Å². The molecule has 1 aliphatic rings. The number of alkyl halides is 3. The normalized spacial score (nSPS) is 15.5. The van der Waals surface area contributed by atoms with Gasteiger partial charge in [-0.15, -0.1) is 0 Å². The summed E-state index contributed by atoms with van der Waals surface area (Å²) < 4.78 is 44.5. The lowest BCUT2D eigenvalue weighted by atomic mass is 9.87. The van der Waals surface area contributed by atoms with Gasteiger partial charge in [-0.3, -0.25) is 19.5 Å². The Morgan fingerprint density at radius 2 is 1.95 bits per heavy atom. The molecule has 0 aliphatic carbocycles. The number of aryl methyl sites for hydroxylation is 1. The Hall–Kier alpha value is -3.79. The zero-order chi connectivity index (χ0) is 27.6. The van der Waals surface area contributed by atoms with Gasteiger partial charge in [0.1, 0.15) is 5.82 Å². The van der Waals surface area contributed by atoms with E-state index in [1.54, 1.807) is 24.3 Å². The minimum atomic E-state index is -4.55. The van der Waals surface area contributed by atoms with E-state index >= 15 is 0 Å². The van der Waals surface area contributed by atoms with Crippen molar-refractivity contribution in [3.8, 4) is 11.1 Å². The summed E-state index contributed by atoms with van der Waals surface area (Å²) in [4.78, 5) is 36.3. The maximum Gasteiger partial charge on any atom is 0.416 e. The van der Waals surface area contributed by atoms with Crippen LogP contribution in [-0.2, 0) is 15.7 Å². The molecule has 1 N–H and O–H groups in total. The smallest absolute Gasteiger partial charge is 0.385 e. The summed E-state index contributed by atoms with van der Waals surface area (Å²) in [5.74, 6) is -0.0920. The van der Waals surface area contributed by atoms with E-state index in [1.165, 1.54) is 18.3 Å². The molecule has 0 radical (unpaired) electrons. The molecule has 1 atom stereocenters. The van der Waals surface area contributed by atoms with Crippen molar-refractivity contribution in [2.45, 2.75) is 51.7 Å². The fraction of sp³-hybridized carbons (Fsp3) is 0.357. The Kier molecular flexibility index (Phi) is 7.82. The Morgan fingerprint density at radius 3 is 2.63 bits per heavy atom. The van der Waals surface area contributed by atoms with Gasteiger partial charge in [-0.05, 0) is 69.0 Å². The van der Waals surface area contributed by atoms with E-state index in [0.717, 1.165) is 23.3 Å². The van der Waals surface area contributed by atoms with Crippen LogP contribution in [0.25, 0.3) is 11.1 Å². The van der Waals surface area contributed by atoms with E-state index < -0.39 is 17.6 Å². The average Bonchev–Trinajstić information content (AvgIpc) is 2.87. The van der Waals surface area contributed by atoms with Crippen LogP contribution in [0.1, 0.15) is 59.8 Å². The molecular formula is C28H29F3N4O3. The summed E-state index contributed by atoms with van der Waals surface area (Å²) in [5, 5.41) is 2.64. The van der Waals surface area contributed by atoms with Gasteiger partial charge >= 0.3 is 6.18 Å². The highest BCUT2D eigenvalue weighted by molar-refractivity contribution is 6.04. The molecule has 2 aromatic heterocycles. The van der Waals surface area contributed by atoms with Crippen molar-refractivity contribution in [3.63, 3.8) is 0 Å². The molecule has 0 fully saturated rings. The molecule has 0 spiro atoms. The zero-order valence-electron chi connectivity index (χ0n) is 21.6. The number of hydrogen-bond acceptors (Lipinski definition) is 5. The minimum absolute atomic E-state index is 0.0194. The van der Waals surface area contributed by atoms with Gasteiger partial charge in [-0.25, -0.2) is 4.98 Å². The van der Waals surface area contributed by atoms with Crippen LogP contribution < -0.4 is 10.2 Å². The average molecular weight is 527 g/mol. The summed E-state index contributed by atoms with van der Waals surface area (Å²) in [6, 6.07) is 7.90. The predicted molar refractivity (Wildman–Crippen MR) is 138 cm³/mol. The first kappa shape index (κ1) is 27.3. The van der Waals surface area contributed by atoms with Crippen LogP contribution in [0.5, 0.6) is 0 Å². The number of hydrogen-bond donors (Lipinski definition) is 1. The molecular weight excluding hydrogens is 497 g/mol. The number of rotatable bonds is 7. The number of carbonyl (C=O) groups excluding carboxylic acids is 2. The van der Waals surface area contributed by atoms with Gasteiger partial charge in [0.2, 0.25) is 5.91 Å². The van der Waals surface area contributed by atoms with E-state index in [1.807, 2.05) is 26.8 Å². The molecule has 7 nitrogen and oxygen atoms in total. The number of ether oxygens (including phenoxy) is 1. The standard InChI is InChI=1S/C28H29F3N4O3/c1-16(2)35-25(36)12-18(8-9-38-4)24-11-20(14-33-26(24)35)23-13-22(15-32-17(23)3)34-27(37)19-6-5-7-21(10-19)28(29,30)31/h5-7,10-11,13-16,18H,8-9,12H2,1-4H3,(H,34,37). The highest BCUT2D eigenvalue weighted by Crippen LogP contribution is 2.40. The number of anilines is 2. The zero-order valence-corrected chi connectivity index (χ0v) is 21.6. The summed E-state index contributed by atoms with van der Waals surface area (Å²) >= 11 is 0. The Bertz CT molecular complexity index is 1360. The summed E-state index contributed by atoms with van der Waals surface area (Å²) in [6.45, 7) is 6.20. The monoisotopic (exact) mass is 526 g/mol. The SMILES string of the molecule is COCCC1CC(=O)N(C(C)C)c2ncc(-c3cc(NC(=O)c4cccc(C(F)(F)F)c4)cnc3C)cc21. The van der Waals surface area contributed by atoms with Crippen molar-refractivity contribution < 1.29 is 27.5 Å². The number of amides is 2. The van der Waals surface area contributed by atoms with Crippen molar-refractivity contribution in [1.82, 2.24) is 9.97 Å². The van der Waals surface area contributed by atoms with Gasteiger partial charge in [0, 0.05) is 54.8 Å². The van der Waals surface area contributed by atoms with E-state index in [0.29, 0.717) is 42.2 Å². The number of benzene rings is 1. The van der Waals surface area contributed by atoms with Gasteiger partial charge in [0.15, 0.2) is 0 Å². The van der Waals surface area contributed by atoms with Gasteiger partial charge < -0.3 is 10.1 Å². The maximum absolute atomic E-state index is 13.1. The Balaban J connectivity index is 1.67. The third-order valence-electron chi connectivity index (χ3n) is 6.55. The van der Waals surface area contributed by atoms with Crippen LogP contribution in [0, 0.1) is 6.92 Å². The summed E-state index contributed by atoms with van der Waals surface area (Å²) in [6.07, 6.45) is -0.412. The minimum Gasteiger partial charge on any atom is -0.385 e.